The van der Waals surface area contributed by atoms with E-state index in [1.165, 1.54) is 5.56 Å². The van der Waals surface area contributed by atoms with Crippen molar-refractivity contribution in [3.05, 3.63) is 48.3 Å². The minimum Gasteiger partial charge on any atom is -0.392 e. The maximum Gasteiger partial charge on any atom is 0.0669 e. The van der Waals surface area contributed by atoms with E-state index in [-0.39, 0.29) is 6.10 Å². The van der Waals surface area contributed by atoms with E-state index in [0.717, 1.165) is 23.6 Å². The Kier molecular flexibility index (Phi) is 3.39. The average Bonchev–Trinajstić information content (AvgIpc) is 3.02. The Morgan fingerprint density at radius 3 is 2.83 bits per heavy atom. The first-order valence-corrected chi connectivity index (χ1v) is 7.33. The van der Waals surface area contributed by atoms with Crippen LogP contribution >= 0.6 is 11.8 Å². The predicted molar refractivity (Wildman–Crippen MR) is 74.1 cm³/mol. The van der Waals surface area contributed by atoms with Gasteiger partial charge in [-0.1, -0.05) is 18.2 Å². The Balaban J connectivity index is 1.74. The van der Waals surface area contributed by atoms with E-state index in [4.69, 9.17) is 0 Å². The lowest BCUT2D eigenvalue weighted by Gasteiger charge is -2.11. The number of aromatic nitrogens is 2. The zero-order chi connectivity index (χ0) is 12.4. The Bertz CT molecular complexity index is 512. The number of aliphatic hydroxyl groups is 1. The smallest absolute Gasteiger partial charge is 0.0669 e. The summed E-state index contributed by atoms with van der Waals surface area (Å²) in [6.45, 7) is 0. The molecule has 4 heteroatoms. The van der Waals surface area contributed by atoms with E-state index in [1.807, 2.05) is 53.0 Å². The molecule has 1 aliphatic rings. The summed E-state index contributed by atoms with van der Waals surface area (Å²) in [5.41, 5.74) is 2.27. The highest BCUT2D eigenvalue weighted by molar-refractivity contribution is 7.99. The summed E-state index contributed by atoms with van der Waals surface area (Å²) in [6.07, 6.45) is 4.73. The van der Waals surface area contributed by atoms with Crippen molar-refractivity contribution >= 4 is 11.8 Å². The molecule has 94 valence electrons. The van der Waals surface area contributed by atoms with Crippen molar-refractivity contribution in [2.45, 2.75) is 12.5 Å². The first-order chi connectivity index (χ1) is 8.83. The third-order valence-corrected chi connectivity index (χ3v) is 4.56. The molecule has 0 bridgehead atoms. The second-order valence-electron chi connectivity index (χ2n) is 4.70. The lowest BCUT2D eigenvalue weighted by molar-refractivity contribution is 0.150. The molecule has 0 radical (unpaired) electrons. The molecule has 2 heterocycles. The topological polar surface area (TPSA) is 38.1 Å². The summed E-state index contributed by atoms with van der Waals surface area (Å²) in [5.74, 6) is 2.30. The second-order valence-corrected chi connectivity index (χ2v) is 5.77. The summed E-state index contributed by atoms with van der Waals surface area (Å²) < 4.78 is 1.89. The molecule has 1 fully saturated rings. The summed E-state index contributed by atoms with van der Waals surface area (Å²) in [7, 11) is 0. The van der Waals surface area contributed by atoms with Crippen molar-refractivity contribution in [1.29, 1.82) is 0 Å². The minimum absolute atomic E-state index is 0.157. The molecule has 0 aliphatic carbocycles. The van der Waals surface area contributed by atoms with Gasteiger partial charge in [-0.05, 0) is 35.8 Å². The van der Waals surface area contributed by atoms with Gasteiger partial charge in [0.05, 0.1) is 18.0 Å². The third-order valence-electron chi connectivity index (χ3n) is 3.32. The molecule has 0 amide bonds. The van der Waals surface area contributed by atoms with Crippen molar-refractivity contribution < 1.29 is 5.11 Å². The van der Waals surface area contributed by atoms with Crippen LogP contribution in [0.15, 0.2) is 42.7 Å². The average molecular weight is 260 g/mol. The minimum atomic E-state index is -0.157. The van der Waals surface area contributed by atoms with Gasteiger partial charge in [0, 0.05) is 11.9 Å². The molecule has 1 aliphatic heterocycles. The molecular formula is C14H16N2OS. The Labute approximate surface area is 111 Å². The van der Waals surface area contributed by atoms with E-state index in [1.54, 1.807) is 0 Å². The molecule has 1 saturated heterocycles. The molecule has 3 nitrogen and oxygen atoms in total. The van der Waals surface area contributed by atoms with Crippen LogP contribution in [0.2, 0.25) is 0 Å². The normalized spacial score (nSPS) is 23.4. The number of nitrogens with zero attached hydrogens (tertiary/aromatic N) is 2. The van der Waals surface area contributed by atoms with Crippen LogP contribution in [-0.4, -0.2) is 32.5 Å². The summed E-state index contributed by atoms with van der Waals surface area (Å²) >= 11 is 1.84. The second kappa shape index (κ2) is 5.16. The van der Waals surface area contributed by atoms with Gasteiger partial charge in [0.1, 0.15) is 0 Å². The monoisotopic (exact) mass is 260 g/mol. The fourth-order valence-corrected chi connectivity index (χ4v) is 3.56. The van der Waals surface area contributed by atoms with Crippen LogP contribution < -0.4 is 0 Å². The van der Waals surface area contributed by atoms with Gasteiger partial charge in [0.2, 0.25) is 0 Å². The highest BCUT2D eigenvalue weighted by atomic mass is 32.2. The zero-order valence-electron chi connectivity index (χ0n) is 10.1. The van der Waals surface area contributed by atoms with Gasteiger partial charge in [0.15, 0.2) is 0 Å². The number of aliphatic hydroxyl groups excluding tert-OH is 1. The van der Waals surface area contributed by atoms with Crippen molar-refractivity contribution in [3.63, 3.8) is 0 Å². The predicted octanol–water partition coefficient (Wildman–Crippen LogP) is 2.14. The number of rotatable bonds is 3. The molecule has 0 saturated carbocycles. The van der Waals surface area contributed by atoms with E-state index in [9.17, 15) is 5.11 Å². The lowest BCUT2D eigenvalue weighted by Crippen LogP contribution is -2.19. The van der Waals surface area contributed by atoms with Gasteiger partial charge in [-0.25, -0.2) is 4.68 Å². The Morgan fingerprint density at radius 2 is 2.11 bits per heavy atom. The molecule has 18 heavy (non-hydrogen) atoms. The highest BCUT2D eigenvalue weighted by Crippen LogP contribution is 2.27. The number of hydrogen-bond donors (Lipinski definition) is 1. The quantitative estimate of drug-likeness (QED) is 0.919. The van der Waals surface area contributed by atoms with Crippen LogP contribution in [0, 0.1) is 5.92 Å². The first-order valence-electron chi connectivity index (χ1n) is 6.18. The summed E-state index contributed by atoms with van der Waals surface area (Å²) in [6, 6.07) is 10.1. The Hall–Kier alpha value is -1.26. The van der Waals surface area contributed by atoms with Gasteiger partial charge in [0.25, 0.3) is 0 Å². The number of para-hydroxylation sites is 1. The van der Waals surface area contributed by atoms with Crippen LogP contribution in [0.3, 0.4) is 0 Å². The zero-order valence-corrected chi connectivity index (χ0v) is 10.9. The fraction of sp³-hybridized carbons (Fsp3) is 0.357. The fourth-order valence-electron chi connectivity index (χ4n) is 2.27. The van der Waals surface area contributed by atoms with E-state index in [2.05, 4.69) is 11.3 Å². The van der Waals surface area contributed by atoms with Crippen LogP contribution in [-0.2, 0) is 6.42 Å². The van der Waals surface area contributed by atoms with Gasteiger partial charge < -0.3 is 5.11 Å². The first kappa shape index (κ1) is 11.8. The molecule has 1 aromatic heterocycles. The SMILES string of the molecule is OC1CSCC1Cc1cnn(-c2ccccc2)c1. The molecular weight excluding hydrogens is 244 g/mol. The molecule has 1 aromatic carbocycles. The van der Waals surface area contributed by atoms with Crippen molar-refractivity contribution in [2.75, 3.05) is 11.5 Å². The Morgan fingerprint density at radius 1 is 1.28 bits per heavy atom. The standard InChI is InChI=1S/C14H16N2OS/c17-14-10-18-9-12(14)6-11-7-15-16(8-11)13-4-2-1-3-5-13/h1-5,7-8,12,14,17H,6,9-10H2. The van der Waals surface area contributed by atoms with Crippen LogP contribution in [0.25, 0.3) is 5.69 Å². The lowest BCUT2D eigenvalue weighted by atomic mass is 9.99. The van der Waals surface area contributed by atoms with Gasteiger partial charge in [-0.3, -0.25) is 0 Å². The van der Waals surface area contributed by atoms with Crippen molar-refractivity contribution in [3.8, 4) is 5.69 Å². The number of hydrogen-bond acceptors (Lipinski definition) is 3. The maximum atomic E-state index is 9.83. The number of benzene rings is 1. The number of thioether (sulfide) groups is 1. The largest absolute Gasteiger partial charge is 0.392 e. The van der Waals surface area contributed by atoms with E-state index >= 15 is 0 Å². The highest BCUT2D eigenvalue weighted by Gasteiger charge is 2.26. The van der Waals surface area contributed by atoms with Crippen LogP contribution in [0.5, 0.6) is 0 Å². The van der Waals surface area contributed by atoms with Crippen LogP contribution in [0.1, 0.15) is 5.56 Å². The van der Waals surface area contributed by atoms with Gasteiger partial charge in [-0.15, -0.1) is 0 Å². The molecule has 2 atom stereocenters. The summed E-state index contributed by atoms with van der Waals surface area (Å²) in [5, 5.41) is 14.2. The van der Waals surface area contributed by atoms with Gasteiger partial charge in [-0.2, -0.15) is 16.9 Å². The molecule has 2 aromatic rings. The molecule has 2 unspecified atom stereocenters. The molecule has 0 spiro atoms. The summed E-state index contributed by atoms with van der Waals surface area (Å²) in [4.78, 5) is 0. The van der Waals surface area contributed by atoms with Crippen LogP contribution in [0.4, 0.5) is 0 Å². The van der Waals surface area contributed by atoms with E-state index < -0.39 is 0 Å². The third kappa shape index (κ3) is 2.44. The van der Waals surface area contributed by atoms with E-state index in [0.29, 0.717) is 5.92 Å². The van der Waals surface area contributed by atoms with Crippen molar-refractivity contribution in [1.82, 2.24) is 9.78 Å². The molecule has 3 rings (SSSR count). The van der Waals surface area contributed by atoms with Gasteiger partial charge >= 0.3 is 0 Å². The van der Waals surface area contributed by atoms with Crippen molar-refractivity contribution in [2.24, 2.45) is 5.92 Å². The molecule has 1 N–H and O–H groups in total. The maximum absolute atomic E-state index is 9.83.